The number of hydrogen-bond acceptors (Lipinski definition) is 6. The molecule has 4 rings (SSSR count). The van der Waals surface area contributed by atoms with Crippen LogP contribution in [0.2, 0.25) is 0 Å². The Kier molecular flexibility index (Phi) is 6.87. The largest absolute Gasteiger partial charge is 0.447 e. The van der Waals surface area contributed by atoms with E-state index in [1.807, 2.05) is 55.5 Å². The van der Waals surface area contributed by atoms with E-state index in [9.17, 15) is 4.79 Å². The Bertz CT molecular complexity index is 1090. The van der Waals surface area contributed by atoms with E-state index >= 15 is 0 Å². The maximum absolute atomic E-state index is 13.1. The van der Waals surface area contributed by atoms with Crippen molar-refractivity contribution >= 4 is 39.3 Å². The van der Waals surface area contributed by atoms with Gasteiger partial charge < -0.3 is 4.74 Å². The van der Waals surface area contributed by atoms with E-state index in [4.69, 9.17) is 4.74 Å². The lowest BCUT2D eigenvalue weighted by molar-refractivity contribution is -0.120. The standard InChI is InChI=1S/C23H23BrN4O2S/c1-3-5-14-31-23-25-21-20(26-27-23)16-11-7-9-13-18(16)28(19(29)4-2)22(30-21)15-10-6-8-12-17(15)24/h6-13,22H,3-5,14H2,1-2H3/t22-/m1/s1. The fourth-order valence-electron chi connectivity index (χ4n) is 3.40. The molecule has 0 radical (unpaired) electrons. The molecule has 2 aromatic carbocycles. The highest BCUT2D eigenvalue weighted by molar-refractivity contribution is 9.10. The molecule has 0 unspecified atom stereocenters. The number of unbranched alkanes of at least 4 members (excludes halogenated alkanes) is 1. The second kappa shape index (κ2) is 9.78. The van der Waals surface area contributed by atoms with Crippen molar-refractivity contribution < 1.29 is 9.53 Å². The van der Waals surface area contributed by atoms with Crippen molar-refractivity contribution in [2.45, 2.75) is 44.5 Å². The van der Waals surface area contributed by atoms with Crippen LogP contribution in [0.25, 0.3) is 11.3 Å². The number of nitrogens with zero attached hydrogens (tertiary/aromatic N) is 4. The number of carbonyl (C=O) groups excluding carboxylic acids is 1. The fourth-order valence-corrected chi connectivity index (χ4v) is 4.74. The molecule has 0 saturated carbocycles. The Labute approximate surface area is 194 Å². The van der Waals surface area contributed by atoms with Crippen molar-refractivity contribution in [2.75, 3.05) is 10.7 Å². The van der Waals surface area contributed by atoms with Gasteiger partial charge in [0.1, 0.15) is 0 Å². The van der Waals surface area contributed by atoms with Gasteiger partial charge in [0.05, 0.1) is 5.69 Å². The lowest BCUT2D eigenvalue weighted by Crippen LogP contribution is -2.37. The summed E-state index contributed by atoms with van der Waals surface area (Å²) in [6.45, 7) is 4.00. The van der Waals surface area contributed by atoms with Gasteiger partial charge in [0.2, 0.25) is 23.2 Å². The van der Waals surface area contributed by atoms with Gasteiger partial charge in [0, 0.05) is 27.8 Å². The summed E-state index contributed by atoms with van der Waals surface area (Å²) in [6.07, 6.45) is 1.84. The summed E-state index contributed by atoms with van der Waals surface area (Å²) in [5, 5.41) is 9.36. The molecule has 6 nitrogen and oxygen atoms in total. The molecule has 1 aliphatic heterocycles. The molecule has 1 aromatic heterocycles. The minimum atomic E-state index is -0.685. The molecule has 0 spiro atoms. The van der Waals surface area contributed by atoms with Gasteiger partial charge in [-0.15, -0.1) is 10.2 Å². The van der Waals surface area contributed by atoms with Gasteiger partial charge in [-0.25, -0.2) is 0 Å². The average Bonchev–Trinajstić information content (AvgIpc) is 2.93. The van der Waals surface area contributed by atoms with Crippen LogP contribution in [0, 0.1) is 0 Å². The normalized spacial score (nSPS) is 14.9. The van der Waals surface area contributed by atoms with E-state index in [1.165, 1.54) is 0 Å². The van der Waals surface area contributed by atoms with Crippen molar-refractivity contribution in [2.24, 2.45) is 0 Å². The molecule has 3 aromatic rings. The van der Waals surface area contributed by atoms with Crippen LogP contribution >= 0.6 is 27.7 Å². The number of thioether (sulfide) groups is 1. The molecule has 1 atom stereocenters. The number of halogens is 1. The molecule has 2 heterocycles. The number of aromatic nitrogens is 3. The van der Waals surface area contributed by atoms with E-state index in [-0.39, 0.29) is 5.91 Å². The first-order chi connectivity index (χ1) is 15.1. The number of benzene rings is 2. The van der Waals surface area contributed by atoms with Crippen LogP contribution in [0.15, 0.2) is 58.2 Å². The summed E-state index contributed by atoms with van der Waals surface area (Å²) in [5.74, 6) is 1.25. The van der Waals surface area contributed by atoms with E-state index in [2.05, 4.69) is 38.0 Å². The second-order valence-corrected chi connectivity index (χ2v) is 8.99. The highest BCUT2D eigenvalue weighted by Gasteiger charge is 2.36. The quantitative estimate of drug-likeness (QED) is 0.305. The topological polar surface area (TPSA) is 68.2 Å². The van der Waals surface area contributed by atoms with Gasteiger partial charge in [-0.2, -0.15) is 4.98 Å². The van der Waals surface area contributed by atoms with Crippen LogP contribution in [-0.4, -0.2) is 26.8 Å². The number of ether oxygens (including phenoxy) is 1. The van der Waals surface area contributed by atoms with Gasteiger partial charge in [-0.05, 0) is 18.6 Å². The first-order valence-electron chi connectivity index (χ1n) is 10.3. The molecule has 8 heteroatoms. The van der Waals surface area contributed by atoms with Gasteiger partial charge in [0.15, 0.2) is 5.69 Å². The van der Waals surface area contributed by atoms with Gasteiger partial charge in [-0.3, -0.25) is 9.69 Å². The monoisotopic (exact) mass is 498 g/mol. The van der Waals surface area contributed by atoms with Crippen molar-refractivity contribution in [3.8, 4) is 17.1 Å². The highest BCUT2D eigenvalue weighted by Crippen LogP contribution is 2.44. The number of rotatable bonds is 6. The molecule has 160 valence electrons. The predicted octanol–water partition coefficient (Wildman–Crippen LogP) is 6.03. The Morgan fingerprint density at radius 3 is 2.68 bits per heavy atom. The Balaban J connectivity index is 1.88. The third-order valence-corrected chi connectivity index (χ3v) is 6.63. The molecule has 0 saturated heterocycles. The lowest BCUT2D eigenvalue weighted by atomic mass is 10.1. The van der Waals surface area contributed by atoms with Crippen molar-refractivity contribution in [3.63, 3.8) is 0 Å². The van der Waals surface area contributed by atoms with Crippen LogP contribution in [-0.2, 0) is 4.79 Å². The molecule has 31 heavy (non-hydrogen) atoms. The van der Waals surface area contributed by atoms with Crippen LogP contribution in [0.5, 0.6) is 5.88 Å². The van der Waals surface area contributed by atoms with Crippen molar-refractivity contribution in [3.05, 3.63) is 58.6 Å². The maximum atomic E-state index is 13.1. The smallest absolute Gasteiger partial charge is 0.247 e. The van der Waals surface area contributed by atoms with Crippen LogP contribution in [0.3, 0.4) is 0 Å². The minimum absolute atomic E-state index is 0.0495. The lowest BCUT2D eigenvalue weighted by Gasteiger charge is -2.31. The van der Waals surface area contributed by atoms with E-state index in [0.29, 0.717) is 23.2 Å². The SMILES string of the molecule is CCCCSc1nnc2c(n1)O[C@H](c1ccccc1Br)N(C(=O)CC)c1ccccc1-2. The third kappa shape index (κ3) is 4.45. The van der Waals surface area contributed by atoms with Crippen LogP contribution < -0.4 is 9.64 Å². The zero-order valence-electron chi connectivity index (χ0n) is 17.4. The summed E-state index contributed by atoms with van der Waals surface area (Å²) in [5.41, 5.74) is 2.89. The second-order valence-electron chi connectivity index (χ2n) is 7.08. The average molecular weight is 499 g/mol. The van der Waals surface area contributed by atoms with Crippen LogP contribution in [0.1, 0.15) is 44.9 Å². The van der Waals surface area contributed by atoms with Gasteiger partial charge in [0.25, 0.3) is 0 Å². The number of fused-ring (bicyclic) bond motifs is 3. The van der Waals surface area contributed by atoms with Gasteiger partial charge in [-0.1, -0.05) is 84.4 Å². The zero-order valence-corrected chi connectivity index (χ0v) is 19.8. The zero-order chi connectivity index (χ0) is 21.8. The molecule has 1 aliphatic rings. The molecular weight excluding hydrogens is 476 g/mol. The number of carbonyl (C=O) groups is 1. The Morgan fingerprint density at radius 2 is 1.90 bits per heavy atom. The Morgan fingerprint density at radius 1 is 1.13 bits per heavy atom. The molecule has 0 N–H and O–H groups in total. The highest BCUT2D eigenvalue weighted by atomic mass is 79.9. The van der Waals surface area contributed by atoms with Gasteiger partial charge >= 0.3 is 0 Å². The number of amides is 1. The first kappa shape index (κ1) is 21.8. The molecule has 0 bridgehead atoms. The first-order valence-corrected chi connectivity index (χ1v) is 12.1. The van der Waals surface area contributed by atoms with Crippen molar-refractivity contribution in [1.82, 2.24) is 15.2 Å². The fraction of sp³-hybridized carbons (Fsp3) is 0.304. The summed E-state index contributed by atoms with van der Waals surface area (Å²) in [4.78, 5) is 19.5. The number of hydrogen-bond donors (Lipinski definition) is 0. The predicted molar refractivity (Wildman–Crippen MR) is 126 cm³/mol. The minimum Gasteiger partial charge on any atom is -0.447 e. The number of anilines is 1. The van der Waals surface area contributed by atoms with Crippen molar-refractivity contribution in [1.29, 1.82) is 0 Å². The van der Waals surface area contributed by atoms with E-state index in [1.54, 1.807) is 16.7 Å². The van der Waals surface area contributed by atoms with E-state index < -0.39 is 6.23 Å². The summed E-state index contributed by atoms with van der Waals surface area (Å²) in [6, 6.07) is 15.4. The third-order valence-electron chi connectivity index (χ3n) is 4.98. The molecule has 0 aliphatic carbocycles. The van der Waals surface area contributed by atoms with E-state index in [0.717, 1.165) is 39.9 Å². The Hall–Kier alpha value is -2.45. The molecule has 1 amide bonds. The summed E-state index contributed by atoms with van der Waals surface area (Å²) < 4.78 is 7.29. The molecule has 0 fully saturated rings. The molecular formula is C23H23BrN4O2S. The maximum Gasteiger partial charge on any atom is 0.247 e. The van der Waals surface area contributed by atoms with Crippen LogP contribution in [0.4, 0.5) is 5.69 Å². The number of para-hydroxylation sites is 1. The summed E-state index contributed by atoms with van der Waals surface area (Å²) >= 11 is 5.19. The summed E-state index contributed by atoms with van der Waals surface area (Å²) in [7, 11) is 0.